The topological polar surface area (TPSA) is 91.4 Å². The van der Waals surface area contributed by atoms with Crippen molar-refractivity contribution in [1.29, 1.82) is 0 Å². The molecule has 8 nitrogen and oxygen atoms in total. The first-order chi connectivity index (χ1) is 13.1. The van der Waals surface area contributed by atoms with Gasteiger partial charge < -0.3 is 14.6 Å². The van der Waals surface area contributed by atoms with Crippen molar-refractivity contribution in [3.8, 4) is 11.4 Å². The lowest BCUT2D eigenvalue weighted by Gasteiger charge is -2.36. The molecule has 0 saturated carbocycles. The molecule has 2 aromatic rings. The molecule has 142 valence electrons. The highest BCUT2D eigenvalue weighted by atomic mass is 16.5. The van der Waals surface area contributed by atoms with Gasteiger partial charge in [-0.25, -0.2) is 4.98 Å². The summed E-state index contributed by atoms with van der Waals surface area (Å²) < 4.78 is 5.37. The van der Waals surface area contributed by atoms with Crippen molar-refractivity contribution in [1.82, 2.24) is 24.8 Å². The quantitative estimate of drug-likeness (QED) is 0.844. The molecule has 2 aliphatic heterocycles. The van der Waals surface area contributed by atoms with Gasteiger partial charge in [-0.1, -0.05) is 0 Å². The molecule has 0 aromatic carbocycles. The van der Waals surface area contributed by atoms with Gasteiger partial charge in [-0.3, -0.25) is 19.5 Å². The number of nitrogens with zero attached hydrogens (tertiary/aromatic N) is 4. The maximum absolute atomic E-state index is 13.0. The van der Waals surface area contributed by atoms with Gasteiger partial charge in [0.25, 0.3) is 5.56 Å². The van der Waals surface area contributed by atoms with E-state index in [1.165, 1.54) is 0 Å². The summed E-state index contributed by atoms with van der Waals surface area (Å²) in [5.41, 5.74) is 1.96. The Labute approximate surface area is 157 Å². The van der Waals surface area contributed by atoms with Crippen LogP contribution in [0.4, 0.5) is 0 Å². The fourth-order valence-electron chi connectivity index (χ4n) is 3.65. The highest BCUT2D eigenvalue weighted by molar-refractivity contribution is 5.81. The number of H-pyrrole nitrogens is 1. The Bertz CT molecular complexity index is 877. The highest BCUT2D eigenvalue weighted by Gasteiger charge is 2.30. The minimum Gasteiger partial charge on any atom is -0.379 e. The second kappa shape index (κ2) is 7.58. The number of morpholine rings is 1. The molecule has 4 heterocycles. The second-order valence-electron chi connectivity index (χ2n) is 6.92. The number of aromatic amines is 1. The standard InChI is InChI=1S/C19H23N5O3/c1-13(23-7-9-27-10-8-23)19(26)24-6-4-15-16(12-24)21-17(22-18(15)25)14-3-2-5-20-11-14/h2-3,5,11,13H,4,6-10,12H2,1H3,(H,21,22,25)/t13-/m0/s1. The molecular weight excluding hydrogens is 346 g/mol. The van der Waals surface area contributed by atoms with Crippen LogP contribution in [0.3, 0.4) is 0 Å². The number of fused-ring (bicyclic) bond motifs is 1. The molecule has 0 bridgehead atoms. The van der Waals surface area contributed by atoms with Gasteiger partial charge >= 0.3 is 0 Å². The fraction of sp³-hybridized carbons (Fsp3) is 0.474. The van der Waals surface area contributed by atoms with E-state index in [9.17, 15) is 9.59 Å². The van der Waals surface area contributed by atoms with Crippen molar-refractivity contribution in [2.45, 2.75) is 25.9 Å². The lowest BCUT2D eigenvalue weighted by molar-refractivity contribution is -0.139. The number of carbonyl (C=O) groups is 1. The summed E-state index contributed by atoms with van der Waals surface area (Å²) in [6, 6.07) is 3.45. The summed E-state index contributed by atoms with van der Waals surface area (Å²) in [7, 11) is 0. The third kappa shape index (κ3) is 3.63. The molecule has 1 atom stereocenters. The summed E-state index contributed by atoms with van der Waals surface area (Å²) in [5.74, 6) is 0.565. The second-order valence-corrected chi connectivity index (χ2v) is 6.92. The number of nitrogens with one attached hydrogen (secondary N) is 1. The van der Waals surface area contributed by atoms with Gasteiger partial charge in [0.15, 0.2) is 0 Å². The normalized spacial score (nSPS) is 18.8. The first-order valence-corrected chi connectivity index (χ1v) is 9.26. The van der Waals surface area contributed by atoms with E-state index in [1.54, 1.807) is 18.5 Å². The lowest BCUT2D eigenvalue weighted by atomic mass is 10.0. The summed E-state index contributed by atoms with van der Waals surface area (Å²) in [5, 5.41) is 0. The Balaban J connectivity index is 1.56. The molecule has 0 aliphatic carbocycles. The van der Waals surface area contributed by atoms with E-state index in [0.29, 0.717) is 49.8 Å². The molecule has 0 radical (unpaired) electrons. The van der Waals surface area contributed by atoms with E-state index in [2.05, 4.69) is 19.9 Å². The van der Waals surface area contributed by atoms with Crippen LogP contribution in [0.15, 0.2) is 29.3 Å². The van der Waals surface area contributed by atoms with Gasteiger partial charge in [0.05, 0.1) is 31.5 Å². The maximum atomic E-state index is 13.0. The molecule has 4 rings (SSSR count). The predicted octanol–water partition coefficient (Wildman–Crippen LogP) is 0.437. The van der Waals surface area contributed by atoms with E-state index in [-0.39, 0.29) is 17.5 Å². The SMILES string of the molecule is C[C@@H](C(=O)N1CCc2c(nc(-c3cccnc3)[nH]c2=O)C1)N1CCOCC1. The van der Waals surface area contributed by atoms with Crippen molar-refractivity contribution in [3.63, 3.8) is 0 Å². The average Bonchev–Trinajstić information content (AvgIpc) is 2.73. The van der Waals surface area contributed by atoms with E-state index in [0.717, 1.165) is 18.7 Å². The van der Waals surface area contributed by atoms with Crippen molar-refractivity contribution in [2.24, 2.45) is 0 Å². The molecule has 0 unspecified atom stereocenters. The molecule has 2 aliphatic rings. The zero-order valence-electron chi connectivity index (χ0n) is 15.4. The molecule has 27 heavy (non-hydrogen) atoms. The predicted molar refractivity (Wildman–Crippen MR) is 99.1 cm³/mol. The third-order valence-corrected chi connectivity index (χ3v) is 5.27. The Hall–Kier alpha value is -2.58. The monoisotopic (exact) mass is 369 g/mol. The van der Waals surface area contributed by atoms with Gasteiger partial charge in [0.1, 0.15) is 5.82 Å². The number of amides is 1. The average molecular weight is 369 g/mol. The first-order valence-electron chi connectivity index (χ1n) is 9.26. The zero-order chi connectivity index (χ0) is 18.8. The minimum atomic E-state index is -0.199. The summed E-state index contributed by atoms with van der Waals surface area (Å²) in [6.07, 6.45) is 3.86. The first kappa shape index (κ1) is 17.8. The van der Waals surface area contributed by atoms with Gasteiger partial charge in [0.2, 0.25) is 5.91 Å². The van der Waals surface area contributed by atoms with Crippen molar-refractivity contribution in [3.05, 3.63) is 46.1 Å². The highest BCUT2D eigenvalue weighted by Crippen LogP contribution is 2.19. The number of hydrogen-bond acceptors (Lipinski definition) is 6. The molecule has 8 heteroatoms. The van der Waals surface area contributed by atoms with E-state index >= 15 is 0 Å². The summed E-state index contributed by atoms with van der Waals surface area (Å²) in [4.78, 5) is 40.9. The summed E-state index contributed by atoms with van der Waals surface area (Å²) in [6.45, 7) is 5.69. The van der Waals surface area contributed by atoms with E-state index < -0.39 is 0 Å². The number of rotatable bonds is 3. The van der Waals surface area contributed by atoms with Crippen LogP contribution < -0.4 is 5.56 Å². The van der Waals surface area contributed by atoms with Crippen LogP contribution in [0.25, 0.3) is 11.4 Å². The number of pyridine rings is 1. The Morgan fingerprint density at radius 2 is 2.11 bits per heavy atom. The van der Waals surface area contributed by atoms with Crippen LogP contribution in [0.5, 0.6) is 0 Å². The van der Waals surface area contributed by atoms with Crippen LogP contribution in [0.1, 0.15) is 18.2 Å². The molecule has 1 fully saturated rings. The van der Waals surface area contributed by atoms with Gasteiger partial charge in [-0.05, 0) is 25.5 Å². The number of carbonyl (C=O) groups excluding carboxylic acids is 1. The largest absolute Gasteiger partial charge is 0.379 e. The molecular formula is C19H23N5O3. The Morgan fingerprint density at radius 1 is 1.30 bits per heavy atom. The van der Waals surface area contributed by atoms with Crippen molar-refractivity contribution >= 4 is 5.91 Å². The Morgan fingerprint density at radius 3 is 2.85 bits per heavy atom. The van der Waals surface area contributed by atoms with Crippen molar-refractivity contribution in [2.75, 3.05) is 32.8 Å². The van der Waals surface area contributed by atoms with Crippen LogP contribution in [-0.4, -0.2) is 69.5 Å². The van der Waals surface area contributed by atoms with E-state index in [4.69, 9.17) is 4.74 Å². The summed E-state index contributed by atoms with van der Waals surface area (Å²) >= 11 is 0. The van der Waals surface area contributed by atoms with E-state index in [1.807, 2.05) is 17.9 Å². The number of aromatic nitrogens is 3. The maximum Gasteiger partial charge on any atom is 0.254 e. The van der Waals surface area contributed by atoms with Crippen molar-refractivity contribution < 1.29 is 9.53 Å². The zero-order valence-corrected chi connectivity index (χ0v) is 15.4. The fourth-order valence-corrected chi connectivity index (χ4v) is 3.65. The molecule has 2 aromatic heterocycles. The van der Waals surface area contributed by atoms with Crippen LogP contribution in [0, 0.1) is 0 Å². The van der Waals surface area contributed by atoms with Crippen LogP contribution in [-0.2, 0) is 22.5 Å². The molecule has 1 amide bonds. The van der Waals surface area contributed by atoms with Crippen LogP contribution >= 0.6 is 0 Å². The number of hydrogen-bond donors (Lipinski definition) is 1. The molecule has 1 N–H and O–H groups in total. The lowest BCUT2D eigenvalue weighted by Crippen LogP contribution is -2.52. The smallest absolute Gasteiger partial charge is 0.254 e. The van der Waals surface area contributed by atoms with Gasteiger partial charge in [0, 0.05) is 43.2 Å². The third-order valence-electron chi connectivity index (χ3n) is 5.27. The van der Waals surface area contributed by atoms with Crippen LogP contribution in [0.2, 0.25) is 0 Å². The van der Waals surface area contributed by atoms with Gasteiger partial charge in [-0.15, -0.1) is 0 Å². The molecule has 1 saturated heterocycles. The molecule has 0 spiro atoms. The van der Waals surface area contributed by atoms with Gasteiger partial charge in [-0.2, -0.15) is 0 Å². The Kier molecular flexibility index (Phi) is 5.00. The minimum absolute atomic E-state index is 0.0764. The number of ether oxygens (including phenoxy) is 1.